The van der Waals surface area contributed by atoms with Gasteiger partial charge in [0.2, 0.25) is 10.0 Å². The van der Waals surface area contributed by atoms with Gasteiger partial charge < -0.3 is 21.3 Å². The summed E-state index contributed by atoms with van der Waals surface area (Å²) in [6.07, 6.45) is 3.18. The Balaban J connectivity index is 2.12. The number of aliphatic imine (C=N–C) groups is 1. The normalized spacial score (nSPS) is 14.3. The van der Waals surface area contributed by atoms with Crippen molar-refractivity contribution in [2.75, 3.05) is 43.1 Å². The van der Waals surface area contributed by atoms with Gasteiger partial charge in [0, 0.05) is 48.4 Å². The number of benzene rings is 2. The van der Waals surface area contributed by atoms with E-state index in [2.05, 4.69) is 26.2 Å². The summed E-state index contributed by atoms with van der Waals surface area (Å²) >= 11 is 3.38. The van der Waals surface area contributed by atoms with E-state index in [9.17, 15) is 23.4 Å². The Kier molecular flexibility index (Phi) is 8.92. The van der Waals surface area contributed by atoms with Crippen molar-refractivity contribution in [1.29, 1.82) is 0 Å². The Bertz CT molecular complexity index is 1190. The number of sulfonamides is 1. The molecule has 9 nitrogen and oxygen atoms in total. The second kappa shape index (κ2) is 11.5. The lowest BCUT2D eigenvalue weighted by Gasteiger charge is -2.27. The molecule has 35 heavy (non-hydrogen) atoms. The fourth-order valence-corrected chi connectivity index (χ4v) is 4.98. The molecule has 0 atom stereocenters. The first-order valence-electron chi connectivity index (χ1n) is 11.3. The molecule has 3 rings (SSSR count). The number of hydrogen-bond donors (Lipinski definition) is 4. The predicted octanol–water partition coefficient (Wildman–Crippen LogP) is 2.53. The second-order valence-corrected chi connectivity index (χ2v) is 11.5. The molecular weight excluding hydrogens is 536 g/mol. The Morgan fingerprint density at radius 2 is 1.86 bits per heavy atom. The highest BCUT2D eigenvalue weighted by molar-refractivity contribution is 9.10. The minimum absolute atomic E-state index is 0.0818. The van der Waals surface area contributed by atoms with Crippen molar-refractivity contribution in [3.05, 3.63) is 52.0 Å². The zero-order valence-electron chi connectivity index (χ0n) is 19.7. The number of aliphatic hydroxyl groups is 2. The quantitative estimate of drug-likeness (QED) is 0.243. The average molecular weight is 568 g/mol. The number of halogens is 1. The first-order valence-corrected chi connectivity index (χ1v) is 13.9. The number of nitrogen functional groups attached to an aromatic ring is 1. The van der Waals surface area contributed by atoms with Crippen LogP contribution in [0.25, 0.3) is 0 Å². The molecule has 0 bridgehead atoms. The molecule has 0 aromatic heterocycles. The van der Waals surface area contributed by atoms with Gasteiger partial charge in [-0.1, -0.05) is 15.9 Å². The van der Waals surface area contributed by atoms with Crippen molar-refractivity contribution in [3.63, 3.8) is 0 Å². The Morgan fingerprint density at radius 3 is 2.37 bits per heavy atom. The highest BCUT2D eigenvalue weighted by atomic mass is 79.9. The van der Waals surface area contributed by atoms with E-state index in [0.717, 1.165) is 29.1 Å². The molecular formula is C24H31BrN4O5S. The number of rotatable bonds is 11. The SMILES string of the molecule is CNC(=O)C(=Nc1ccc(Br)cc1)c1cc(C2CC2)c(N(CCC(CO)CO)S(C)(=O)=O)cc1N. The highest BCUT2D eigenvalue weighted by Gasteiger charge is 2.32. The van der Waals surface area contributed by atoms with Crippen LogP contribution < -0.4 is 15.4 Å². The Morgan fingerprint density at radius 1 is 1.23 bits per heavy atom. The predicted molar refractivity (Wildman–Crippen MR) is 142 cm³/mol. The van der Waals surface area contributed by atoms with Crippen molar-refractivity contribution in [1.82, 2.24) is 5.32 Å². The summed E-state index contributed by atoms with van der Waals surface area (Å²) in [7, 11) is -2.17. The molecule has 0 aliphatic heterocycles. The van der Waals surface area contributed by atoms with Crippen molar-refractivity contribution < 1.29 is 23.4 Å². The zero-order chi connectivity index (χ0) is 25.8. The lowest BCUT2D eigenvalue weighted by Crippen LogP contribution is -2.34. The van der Waals surface area contributed by atoms with Crippen molar-refractivity contribution in [2.24, 2.45) is 10.9 Å². The molecule has 1 aliphatic carbocycles. The molecule has 0 spiro atoms. The van der Waals surface area contributed by atoms with Gasteiger partial charge in [-0.15, -0.1) is 0 Å². The Hall–Kier alpha value is -2.47. The third-order valence-corrected chi connectivity index (χ3v) is 7.62. The third-order valence-electron chi connectivity index (χ3n) is 5.91. The minimum Gasteiger partial charge on any atom is -0.398 e. The largest absolute Gasteiger partial charge is 0.398 e. The number of nitrogens with two attached hydrogens (primary N) is 1. The molecule has 1 saturated carbocycles. The van der Waals surface area contributed by atoms with Crippen LogP contribution in [0.2, 0.25) is 0 Å². The van der Waals surface area contributed by atoms with E-state index in [1.807, 2.05) is 12.1 Å². The van der Waals surface area contributed by atoms with Gasteiger partial charge in [0.05, 0.1) is 17.6 Å². The molecule has 2 aromatic rings. The molecule has 190 valence electrons. The van der Waals surface area contributed by atoms with Crippen LogP contribution in [-0.4, -0.2) is 63.3 Å². The Labute approximate surface area is 214 Å². The molecule has 1 fully saturated rings. The smallest absolute Gasteiger partial charge is 0.270 e. The van der Waals surface area contributed by atoms with Crippen molar-refractivity contribution in [2.45, 2.75) is 25.2 Å². The number of nitrogens with one attached hydrogen (secondary N) is 1. The molecule has 1 aliphatic rings. The molecule has 5 N–H and O–H groups in total. The fourth-order valence-electron chi connectivity index (χ4n) is 3.77. The topological polar surface area (TPSA) is 145 Å². The molecule has 0 radical (unpaired) electrons. The van der Waals surface area contributed by atoms with Crippen LogP contribution in [-0.2, 0) is 14.8 Å². The summed E-state index contributed by atoms with van der Waals surface area (Å²) in [6.45, 7) is -0.405. The van der Waals surface area contributed by atoms with Gasteiger partial charge in [0.15, 0.2) is 0 Å². The molecule has 2 aromatic carbocycles. The van der Waals surface area contributed by atoms with E-state index in [0.29, 0.717) is 16.9 Å². The van der Waals surface area contributed by atoms with E-state index in [1.54, 1.807) is 24.3 Å². The van der Waals surface area contributed by atoms with E-state index in [1.165, 1.54) is 11.4 Å². The van der Waals surface area contributed by atoms with Gasteiger partial charge in [0.25, 0.3) is 5.91 Å². The van der Waals surface area contributed by atoms with Gasteiger partial charge >= 0.3 is 0 Å². The van der Waals surface area contributed by atoms with E-state index >= 15 is 0 Å². The van der Waals surface area contributed by atoms with E-state index in [-0.39, 0.29) is 43.5 Å². The standard InChI is InChI=1S/C24H31BrN4O5S/c1-27-24(32)23(28-18-7-5-17(25)6-8-18)20-11-19(16-3-4-16)22(12-21(20)26)29(35(2,33)34)10-9-15(13-30)14-31/h5-8,11-12,15-16,30-31H,3-4,9-10,13-14,26H2,1-2H3,(H,27,32). The number of aliphatic hydroxyl groups excluding tert-OH is 2. The van der Waals surface area contributed by atoms with Gasteiger partial charge in [-0.3, -0.25) is 9.10 Å². The van der Waals surface area contributed by atoms with Crippen LogP contribution in [0.3, 0.4) is 0 Å². The molecule has 0 unspecified atom stereocenters. The van der Waals surface area contributed by atoms with E-state index in [4.69, 9.17) is 5.73 Å². The number of likely N-dealkylation sites (N-methyl/N-ethyl adjacent to an activating group) is 1. The maximum atomic E-state index is 12.8. The lowest BCUT2D eigenvalue weighted by molar-refractivity contribution is -0.114. The summed E-state index contributed by atoms with van der Waals surface area (Å²) < 4.78 is 27.6. The number of amides is 1. The molecule has 0 heterocycles. The number of hydrogen-bond acceptors (Lipinski definition) is 7. The van der Waals surface area contributed by atoms with Crippen LogP contribution in [0.4, 0.5) is 17.1 Å². The van der Waals surface area contributed by atoms with Crippen molar-refractivity contribution in [3.8, 4) is 0 Å². The van der Waals surface area contributed by atoms with Crippen LogP contribution >= 0.6 is 15.9 Å². The number of anilines is 2. The maximum Gasteiger partial charge on any atom is 0.270 e. The highest BCUT2D eigenvalue weighted by Crippen LogP contribution is 2.46. The summed E-state index contributed by atoms with van der Waals surface area (Å²) in [6, 6.07) is 10.5. The van der Waals surface area contributed by atoms with Crippen LogP contribution in [0.5, 0.6) is 0 Å². The van der Waals surface area contributed by atoms with Gasteiger partial charge in [-0.2, -0.15) is 0 Å². The monoisotopic (exact) mass is 566 g/mol. The summed E-state index contributed by atoms with van der Waals surface area (Å²) in [5.41, 5.74) is 8.97. The van der Waals surface area contributed by atoms with Crippen molar-refractivity contribution >= 4 is 54.6 Å². The second-order valence-electron chi connectivity index (χ2n) is 8.64. The first kappa shape index (κ1) is 27.1. The summed E-state index contributed by atoms with van der Waals surface area (Å²) in [4.78, 5) is 17.3. The van der Waals surface area contributed by atoms with Crippen LogP contribution in [0.15, 0.2) is 45.9 Å². The van der Waals surface area contributed by atoms with Gasteiger partial charge in [-0.05, 0) is 67.1 Å². The van der Waals surface area contributed by atoms with E-state index < -0.39 is 21.8 Å². The summed E-state index contributed by atoms with van der Waals surface area (Å²) in [5, 5.41) is 21.4. The lowest BCUT2D eigenvalue weighted by atomic mass is 9.98. The molecule has 1 amide bonds. The van der Waals surface area contributed by atoms with Crippen LogP contribution in [0, 0.1) is 5.92 Å². The molecule has 0 saturated heterocycles. The number of nitrogens with zero attached hydrogens (tertiary/aromatic N) is 2. The number of carbonyl (C=O) groups excluding carboxylic acids is 1. The minimum atomic E-state index is -3.68. The maximum absolute atomic E-state index is 12.8. The summed E-state index contributed by atoms with van der Waals surface area (Å²) in [5.74, 6) is -0.709. The average Bonchev–Trinajstić information content (AvgIpc) is 3.66. The van der Waals surface area contributed by atoms with Crippen LogP contribution in [0.1, 0.15) is 36.3 Å². The van der Waals surface area contributed by atoms with Gasteiger partial charge in [0.1, 0.15) is 5.71 Å². The zero-order valence-corrected chi connectivity index (χ0v) is 22.1. The first-order chi connectivity index (χ1) is 16.6. The fraction of sp³-hybridized carbons (Fsp3) is 0.417. The molecule has 11 heteroatoms. The van der Waals surface area contributed by atoms with Gasteiger partial charge in [-0.25, -0.2) is 13.4 Å². The third kappa shape index (κ3) is 6.81. The number of carbonyl (C=O) groups is 1.